The van der Waals surface area contributed by atoms with Gasteiger partial charge in [-0.3, -0.25) is 4.79 Å². The first-order chi connectivity index (χ1) is 4.81. The molecule has 0 N–H and O–H groups in total. The Bertz CT molecular complexity index is 90.9. The molecule has 3 heteroatoms. The summed E-state index contributed by atoms with van der Waals surface area (Å²) in [7, 11) is 0. The second kappa shape index (κ2) is 6.55. The van der Waals surface area contributed by atoms with Crippen molar-refractivity contribution in [2.24, 2.45) is 0 Å². The van der Waals surface area contributed by atoms with Crippen LogP contribution in [0.4, 0.5) is 0 Å². The largest absolute Gasteiger partial charge is 0.466 e. The van der Waals surface area contributed by atoms with Crippen molar-refractivity contribution in [1.82, 2.24) is 0 Å². The Hall–Kier alpha value is -0.570. The van der Waals surface area contributed by atoms with Crippen molar-refractivity contribution in [2.45, 2.75) is 26.2 Å². The molecule has 0 rings (SSSR count). The summed E-state index contributed by atoms with van der Waals surface area (Å²) >= 11 is 0. The smallest absolute Gasteiger partial charge is 0.305 e. The summed E-state index contributed by atoms with van der Waals surface area (Å²) in [5.74, 6) is -0.198. The molecule has 0 atom stereocenters. The van der Waals surface area contributed by atoms with Crippen molar-refractivity contribution in [1.29, 1.82) is 0 Å². The van der Waals surface area contributed by atoms with Gasteiger partial charge in [0.2, 0.25) is 0 Å². The first kappa shape index (κ1) is 9.43. The van der Waals surface area contributed by atoms with E-state index in [4.69, 9.17) is 0 Å². The number of esters is 1. The fourth-order valence-electron chi connectivity index (χ4n) is 0.521. The van der Waals surface area contributed by atoms with E-state index in [1.807, 2.05) is 6.92 Å². The van der Waals surface area contributed by atoms with Crippen LogP contribution in [0.2, 0.25) is 0 Å². The van der Waals surface area contributed by atoms with Gasteiger partial charge in [-0.05, 0) is 6.42 Å². The molecule has 0 aromatic rings. The van der Waals surface area contributed by atoms with Gasteiger partial charge in [-0.15, -0.1) is 0 Å². The van der Waals surface area contributed by atoms with Gasteiger partial charge in [0.1, 0.15) is 0 Å². The summed E-state index contributed by atoms with van der Waals surface area (Å²) < 4.78 is 4.68. The maximum absolute atomic E-state index is 10.6. The lowest BCUT2D eigenvalue weighted by molar-refractivity contribution is -0.144. The van der Waals surface area contributed by atoms with Crippen LogP contribution in [0.5, 0.6) is 0 Å². The lowest BCUT2D eigenvalue weighted by atomic mass is 10.3. The quantitative estimate of drug-likeness (QED) is 0.430. The lowest BCUT2D eigenvalue weighted by Crippen LogP contribution is -2.05. The maximum Gasteiger partial charge on any atom is 0.305 e. The normalized spacial score (nSPS) is 9.40. The summed E-state index contributed by atoms with van der Waals surface area (Å²) in [5.41, 5.74) is 0. The summed E-state index contributed by atoms with van der Waals surface area (Å²) in [6.45, 7) is 2.02. The van der Waals surface area contributed by atoms with Gasteiger partial charge in [0.05, 0.1) is 13.2 Å². The molecule has 0 aromatic carbocycles. The molecule has 0 amide bonds. The zero-order chi connectivity index (χ0) is 7.82. The predicted molar refractivity (Wildman–Crippen MR) is 36.0 cm³/mol. The highest BCUT2D eigenvalue weighted by Gasteiger charge is 1.98. The van der Waals surface area contributed by atoms with E-state index in [0.717, 1.165) is 6.42 Å². The van der Waals surface area contributed by atoms with Crippen molar-refractivity contribution in [3.63, 3.8) is 0 Å². The van der Waals surface area contributed by atoms with Gasteiger partial charge >= 0.3 is 5.97 Å². The monoisotopic (exact) mass is 145 g/mol. The standard InChI is InChI=1S/C7H13O3/c1-2-4-7(9)10-6-3-5-8/h2-6H2,1H3. The van der Waals surface area contributed by atoms with Crippen molar-refractivity contribution in [3.8, 4) is 0 Å². The molecular formula is C7H13O3. The van der Waals surface area contributed by atoms with Gasteiger partial charge in [0.15, 0.2) is 0 Å². The molecule has 0 aromatic heterocycles. The van der Waals surface area contributed by atoms with E-state index in [9.17, 15) is 9.90 Å². The number of carbonyl (C=O) groups is 1. The molecule has 0 fully saturated rings. The van der Waals surface area contributed by atoms with Crippen LogP contribution in [0, 0.1) is 0 Å². The summed E-state index contributed by atoms with van der Waals surface area (Å²) in [4.78, 5) is 10.6. The maximum atomic E-state index is 10.6. The van der Waals surface area contributed by atoms with E-state index in [2.05, 4.69) is 4.74 Å². The second-order valence-corrected chi connectivity index (χ2v) is 2.03. The average Bonchev–Trinajstić information content (AvgIpc) is 1.89. The molecule has 0 saturated heterocycles. The van der Waals surface area contributed by atoms with E-state index in [-0.39, 0.29) is 19.2 Å². The molecule has 1 radical (unpaired) electrons. The molecule has 59 valence electrons. The fourth-order valence-corrected chi connectivity index (χ4v) is 0.521. The molecule has 3 nitrogen and oxygen atoms in total. The molecule has 10 heavy (non-hydrogen) atoms. The van der Waals surface area contributed by atoms with Crippen LogP contribution in [0.1, 0.15) is 26.2 Å². The lowest BCUT2D eigenvalue weighted by Gasteiger charge is -2.00. The van der Waals surface area contributed by atoms with Crippen molar-refractivity contribution in [3.05, 3.63) is 0 Å². The number of rotatable bonds is 5. The van der Waals surface area contributed by atoms with Crippen LogP contribution >= 0.6 is 0 Å². The summed E-state index contributed by atoms with van der Waals surface area (Å²) in [6, 6.07) is 0. The topological polar surface area (TPSA) is 46.2 Å². The van der Waals surface area contributed by atoms with Crippen molar-refractivity contribution >= 4 is 5.97 Å². The van der Waals surface area contributed by atoms with E-state index in [1.54, 1.807) is 0 Å². The highest BCUT2D eigenvalue weighted by Crippen LogP contribution is 1.91. The summed E-state index contributed by atoms with van der Waals surface area (Å²) in [6.07, 6.45) is 1.69. The number of hydrogen-bond acceptors (Lipinski definition) is 2. The molecular weight excluding hydrogens is 132 g/mol. The minimum Gasteiger partial charge on any atom is -0.466 e. The van der Waals surface area contributed by atoms with Crippen molar-refractivity contribution < 1.29 is 14.6 Å². The van der Waals surface area contributed by atoms with Crippen LogP contribution in [0.25, 0.3) is 0 Å². The van der Waals surface area contributed by atoms with Gasteiger partial charge < -0.3 is 4.74 Å². The number of hydrogen-bond donors (Lipinski definition) is 0. The molecule has 0 unspecified atom stereocenters. The third kappa shape index (κ3) is 5.56. The molecule has 0 heterocycles. The van der Waals surface area contributed by atoms with Gasteiger partial charge in [-0.1, -0.05) is 6.92 Å². The number of carbonyl (C=O) groups excluding carboxylic acids is 1. The van der Waals surface area contributed by atoms with E-state index < -0.39 is 0 Å². The second-order valence-electron chi connectivity index (χ2n) is 2.03. The Morgan fingerprint density at radius 2 is 2.20 bits per heavy atom. The van der Waals surface area contributed by atoms with E-state index in [0.29, 0.717) is 12.8 Å². The number of ether oxygens (including phenoxy) is 1. The SMILES string of the molecule is CCCC(=O)OCCC[O]. The zero-order valence-electron chi connectivity index (χ0n) is 6.26. The van der Waals surface area contributed by atoms with Crippen LogP contribution in [-0.2, 0) is 14.6 Å². The molecule has 0 aliphatic heterocycles. The minimum atomic E-state index is -0.198. The Labute approximate surface area is 61.0 Å². The van der Waals surface area contributed by atoms with Crippen molar-refractivity contribution in [2.75, 3.05) is 13.2 Å². The Morgan fingerprint density at radius 3 is 2.70 bits per heavy atom. The minimum absolute atomic E-state index is 0.167. The van der Waals surface area contributed by atoms with Gasteiger partial charge in [0, 0.05) is 12.8 Å². The molecule has 0 spiro atoms. The predicted octanol–water partition coefficient (Wildman–Crippen LogP) is 1.15. The average molecular weight is 145 g/mol. The Balaban J connectivity index is 3.05. The highest BCUT2D eigenvalue weighted by atomic mass is 16.5. The third-order valence-electron chi connectivity index (χ3n) is 1.01. The zero-order valence-corrected chi connectivity index (χ0v) is 6.26. The molecule has 0 aliphatic carbocycles. The van der Waals surface area contributed by atoms with Gasteiger partial charge in [-0.2, -0.15) is 0 Å². The van der Waals surface area contributed by atoms with E-state index in [1.165, 1.54) is 0 Å². The molecule has 0 bridgehead atoms. The first-order valence-electron chi connectivity index (χ1n) is 3.55. The molecule has 0 saturated carbocycles. The Kier molecular flexibility index (Phi) is 6.18. The fraction of sp³-hybridized carbons (Fsp3) is 0.857. The Morgan fingerprint density at radius 1 is 1.50 bits per heavy atom. The van der Waals surface area contributed by atoms with Crippen LogP contribution in [0.15, 0.2) is 0 Å². The molecule has 0 aliphatic rings. The first-order valence-corrected chi connectivity index (χ1v) is 3.55. The van der Waals surface area contributed by atoms with E-state index >= 15 is 0 Å². The van der Waals surface area contributed by atoms with Gasteiger partial charge in [0.25, 0.3) is 0 Å². The van der Waals surface area contributed by atoms with Crippen LogP contribution in [0.3, 0.4) is 0 Å². The van der Waals surface area contributed by atoms with Crippen LogP contribution < -0.4 is 0 Å². The summed E-state index contributed by atoms with van der Waals surface area (Å²) in [5, 5.41) is 9.88. The highest BCUT2D eigenvalue weighted by molar-refractivity contribution is 5.69. The van der Waals surface area contributed by atoms with Crippen LogP contribution in [-0.4, -0.2) is 19.2 Å². The third-order valence-corrected chi connectivity index (χ3v) is 1.01. The van der Waals surface area contributed by atoms with Gasteiger partial charge in [-0.25, -0.2) is 5.11 Å².